The van der Waals surface area contributed by atoms with Crippen LogP contribution in [-0.4, -0.2) is 28.9 Å². The molecule has 0 radical (unpaired) electrons. The fourth-order valence-electron chi connectivity index (χ4n) is 2.47. The quantitative estimate of drug-likeness (QED) is 0.898. The van der Waals surface area contributed by atoms with Crippen molar-refractivity contribution in [2.24, 2.45) is 5.73 Å². The number of benzene rings is 1. The van der Waals surface area contributed by atoms with E-state index in [1.54, 1.807) is 11.3 Å². The van der Waals surface area contributed by atoms with Gasteiger partial charge in [-0.15, -0.1) is 11.3 Å². The van der Waals surface area contributed by atoms with Gasteiger partial charge in [-0.05, 0) is 25.0 Å². The van der Waals surface area contributed by atoms with Crippen LogP contribution in [0.1, 0.15) is 23.9 Å². The van der Waals surface area contributed by atoms with Crippen LogP contribution in [0.15, 0.2) is 24.3 Å². The van der Waals surface area contributed by atoms with Gasteiger partial charge in [0, 0.05) is 6.54 Å². The minimum Gasteiger partial charge on any atom is -0.332 e. The van der Waals surface area contributed by atoms with Crippen LogP contribution in [0.25, 0.3) is 10.2 Å². The van der Waals surface area contributed by atoms with Gasteiger partial charge in [-0.3, -0.25) is 4.79 Å². The van der Waals surface area contributed by atoms with Gasteiger partial charge in [-0.1, -0.05) is 12.1 Å². The minimum absolute atomic E-state index is 0.0248. The maximum atomic E-state index is 11.8. The molecular formula is C13H15N3OS. The lowest BCUT2D eigenvalue weighted by molar-refractivity contribution is -0.130. The summed E-state index contributed by atoms with van der Waals surface area (Å²) >= 11 is 1.68. The van der Waals surface area contributed by atoms with Crippen molar-refractivity contribution in [2.75, 3.05) is 13.1 Å². The van der Waals surface area contributed by atoms with Crippen molar-refractivity contribution in [3.05, 3.63) is 29.3 Å². The van der Waals surface area contributed by atoms with E-state index in [4.69, 9.17) is 5.73 Å². The van der Waals surface area contributed by atoms with Crippen molar-refractivity contribution < 1.29 is 4.79 Å². The molecule has 1 aromatic heterocycles. The number of rotatable bonds is 2. The van der Waals surface area contributed by atoms with Crippen LogP contribution in [0.2, 0.25) is 0 Å². The smallest absolute Gasteiger partial charge is 0.236 e. The zero-order chi connectivity index (χ0) is 12.5. The summed E-state index contributed by atoms with van der Waals surface area (Å²) in [5.41, 5.74) is 6.48. The summed E-state index contributed by atoms with van der Waals surface area (Å²) in [4.78, 5) is 18.3. The highest BCUT2D eigenvalue weighted by Crippen LogP contribution is 2.36. The van der Waals surface area contributed by atoms with E-state index in [0.29, 0.717) is 0 Å². The third kappa shape index (κ3) is 1.89. The molecule has 1 aliphatic heterocycles. The van der Waals surface area contributed by atoms with Gasteiger partial charge in [-0.25, -0.2) is 4.98 Å². The predicted octanol–water partition coefficient (Wildman–Crippen LogP) is 1.92. The van der Waals surface area contributed by atoms with Crippen LogP contribution in [-0.2, 0) is 4.79 Å². The molecule has 18 heavy (non-hydrogen) atoms. The molecule has 1 atom stereocenters. The second kappa shape index (κ2) is 4.66. The van der Waals surface area contributed by atoms with Gasteiger partial charge >= 0.3 is 0 Å². The number of hydrogen-bond acceptors (Lipinski definition) is 4. The number of hydrogen-bond donors (Lipinski definition) is 1. The van der Waals surface area contributed by atoms with E-state index in [1.807, 2.05) is 23.1 Å². The van der Waals surface area contributed by atoms with Crippen molar-refractivity contribution in [3.63, 3.8) is 0 Å². The molecule has 1 unspecified atom stereocenters. The molecule has 1 amide bonds. The van der Waals surface area contributed by atoms with Crippen molar-refractivity contribution in [1.29, 1.82) is 0 Å². The Bertz CT molecular complexity index is 547. The molecule has 5 heteroatoms. The van der Waals surface area contributed by atoms with E-state index in [-0.39, 0.29) is 18.5 Å². The van der Waals surface area contributed by atoms with Crippen molar-refractivity contribution in [3.8, 4) is 0 Å². The van der Waals surface area contributed by atoms with Crippen molar-refractivity contribution in [2.45, 2.75) is 18.9 Å². The summed E-state index contributed by atoms with van der Waals surface area (Å²) in [7, 11) is 0. The van der Waals surface area contributed by atoms with E-state index in [0.717, 1.165) is 29.9 Å². The molecule has 1 aliphatic rings. The maximum absolute atomic E-state index is 11.8. The Morgan fingerprint density at radius 2 is 2.33 bits per heavy atom. The van der Waals surface area contributed by atoms with Gasteiger partial charge in [0.15, 0.2) is 0 Å². The number of aromatic nitrogens is 1. The number of nitrogens with zero attached hydrogens (tertiary/aromatic N) is 2. The highest BCUT2D eigenvalue weighted by Gasteiger charge is 2.31. The standard InChI is InChI=1S/C13H15N3OS/c14-8-12(17)16-7-3-5-10(16)13-15-9-4-1-2-6-11(9)18-13/h1-2,4,6,10H,3,5,7-8,14H2. The Kier molecular flexibility index (Phi) is 3.01. The molecule has 2 N–H and O–H groups in total. The Morgan fingerprint density at radius 1 is 1.50 bits per heavy atom. The number of likely N-dealkylation sites (tertiary alicyclic amines) is 1. The third-order valence-electron chi connectivity index (χ3n) is 3.34. The number of thiazole rings is 1. The molecule has 0 aliphatic carbocycles. The van der Waals surface area contributed by atoms with Crippen LogP contribution in [0.3, 0.4) is 0 Å². The lowest BCUT2D eigenvalue weighted by Crippen LogP contribution is -2.35. The fourth-order valence-corrected chi connectivity index (χ4v) is 3.59. The number of nitrogens with two attached hydrogens (primary N) is 1. The molecule has 2 aromatic rings. The first kappa shape index (κ1) is 11.6. The van der Waals surface area contributed by atoms with E-state index in [1.165, 1.54) is 4.70 Å². The largest absolute Gasteiger partial charge is 0.332 e. The Hall–Kier alpha value is -1.46. The molecule has 1 aromatic carbocycles. The highest BCUT2D eigenvalue weighted by molar-refractivity contribution is 7.18. The normalized spacial score (nSPS) is 19.6. The summed E-state index contributed by atoms with van der Waals surface area (Å²) in [6.45, 7) is 0.887. The summed E-state index contributed by atoms with van der Waals surface area (Å²) in [6, 6.07) is 8.21. The van der Waals surface area contributed by atoms with Crippen LogP contribution in [0, 0.1) is 0 Å². The van der Waals surface area contributed by atoms with Gasteiger partial charge in [0.05, 0.1) is 22.8 Å². The van der Waals surface area contributed by atoms with E-state index < -0.39 is 0 Å². The summed E-state index contributed by atoms with van der Waals surface area (Å²) in [6.07, 6.45) is 2.03. The lowest BCUT2D eigenvalue weighted by atomic mass is 10.2. The summed E-state index contributed by atoms with van der Waals surface area (Å²) in [5.74, 6) is 0.0248. The van der Waals surface area contributed by atoms with Crippen molar-refractivity contribution in [1.82, 2.24) is 9.88 Å². The SMILES string of the molecule is NCC(=O)N1CCCC1c1nc2ccccc2s1. The molecule has 2 heterocycles. The van der Waals surface area contributed by atoms with E-state index in [9.17, 15) is 4.79 Å². The molecule has 3 rings (SSSR count). The van der Waals surface area contributed by atoms with Gasteiger partial charge < -0.3 is 10.6 Å². The predicted molar refractivity (Wildman–Crippen MR) is 72.4 cm³/mol. The Morgan fingerprint density at radius 3 is 3.11 bits per heavy atom. The number of carbonyl (C=O) groups excluding carboxylic acids is 1. The Labute approximate surface area is 109 Å². The zero-order valence-electron chi connectivity index (χ0n) is 10.0. The number of amides is 1. The highest BCUT2D eigenvalue weighted by atomic mass is 32.1. The molecule has 0 saturated carbocycles. The fraction of sp³-hybridized carbons (Fsp3) is 0.385. The second-order valence-corrected chi connectivity index (χ2v) is 5.53. The average Bonchev–Trinajstić information content (AvgIpc) is 3.03. The van der Waals surface area contributed by atoms with Crippen LogP contribution in [0.5, 0.6) is 0 Å². The average molecular weight is 261 g/mol. The molecule has 4 nitrogen and oxygen atoms in total. The minimum atomic E-state index is 0.0248. The van der Waals surface area contributed by atoms with Crippen LogP contribution in [0.4, 0.5) is 0 Å². The second-order valence-electron chi connectivity index (χ2n) is 4.47. The summed E-state index contributed by atoms with van der Waals surface area (Å²) < 4.78 is 1.18. The Balaban J connectivity index is 1.95. The van der Waals surface area contributed by atoms with E-state index in [2.05, 4.69) is 11.1 Å². The lowest BCUT2D eigenvalue weighted by Gasteiger charge is -2.22. The molecule has 0 spiro atoms. The zero-order valence-corrected chi connectivity index (χ0v) is 10.8. The van der Waals surface area contributed by atoms with Crippen LogP contribution < -0.4 is 5.73 Å². The monoisotopic (exact) mass is 261 g/mol. The van der Waals surface area contributed by atoms with Gasteiger partial charge in [0.1, 0.15) is 5.01 Å². The molecule has 94 valence electrons. The number of para-hydroxylation sites is 1. The van der Waals surface area contributed by atoms with Gasteiger partial charge in [0.2, 0.25) is 5.91 Å². The summed E-state index contributed by atoms with van der Waals surface area (Å²) in [5, 5.41) is 1.04. The number of fused-ring (bicyclic) bond motifs is 1. The van der Waals surface area contributed by atoms with Gasteiger partial charge in [0.25, 0.3) is 0 Å². The first-order chi connectivity index (χ1) is 8.79. The first-order valence-corrected chi connectivity index (χ1v) is 6.96. The third-order valence-corrected chi connectivity index (χ3v) is 4.48. The maximum Gasteiger partial charge on any atom is 0.236 e. The molecular weight excluding hydrogens is 246 g/mol. The topological polar surface area (TPSA) is 59.2 Å². The van der Waals surface area contributed by atoms with Crippen molar-refractivity contribution >= 4 is 27.5 Å². The van der Waals surface area contributed by atoms with E-state index >= 15 is 0 Å². The molecule has 1 fully saturated rings. The van der Waals surface area contributed by atoms with Gasteiger partial charge in [-0.2, -0.15) is 0 Å². The molecule has 0 bridgehead atoms. The van der Waals surface area contributed by atoms with Crippen LogP contribution >= 0.6 is 11.3 Å². The molecule has 1 saturated heterocycles. The first-order valence-electron chi connectivity index (χ1n) is 6.14. The number of carbonyl (C=O) groups is 1.